The first kappa shape index (κ1) is 10.8. The standard InChI is InChI=1S/C13H12FNO/c1-9-2-7-12(14)13(15-9)11-5-3-10(8-16)4-6-11/h2-7,16H,8H2,1H3. The molecule has 0 spiro atoms. The zero-order chi connectivity index (χ0) is 11.5. The number of halogens is 1. The molecule has 0 unspecified atom stereocenters. The summed E-state index contributed by atoms with van der Waals surface area (Å²) in [6.45, 7) is 1.81. The highest BCUT2D eigenvalue weighted by atomic mass is 19.1. The summed E-state index contributed by atoms with van der Waals surface area (Å²) < 4.78 is 13.5. The molecule has 0 radical (unpaired) electrons. The van der Waals surface area contributed by atoms with Crippen LogP contribution in [0, 0.1) is 12.7 Å². The summed E-state index contributed by atoms with van der Waals surface area (Å²) in [7, 11) is 0. The van der Waals surface area contributed by atoms with E-state index in [-0.39, 0.29) is 12.4 Å². The highest BCUT2D eigenvalue weighted by Gasteiger charge is 2.06. The Morgan fingerprint density at radius 3 is 2.44 bits per heavy atom. The number of nitrogens with zero attached hydrogens (tertiary/aromatic N) is 1. The summed E-state index contributed by atoms with van der Waals surface area (Å²) >= 11 is 0. The van der Waals surface area contributed by atoms with Crippen LogP contribution in [0.5, 0.6) is 0 Å². The van der Waals surface area contributed by atoms with E-state index in [0.717, 1.165) is 16.8 Å². The molecule has 16 heavy (non-hydrogen) atoms. The Kier molecular flexibility index (Phi) is 2.97. The van der Waals surface area contributed by atoms with Crippen molar-refractivity contribution in [3.8, 4) is 11.3 Å². The number of benzene rings is 1. The van der Waals surface area contributed by atoms with Gasteiger partial charge in [0.1, 0.15) is 11.5 Å². The van der Waals surface area contributed by atoms with Gasteiger partial charge in [-0.15, -0.1) is 0 Å². The second-order valence-corrected chi connectivity index (χ2v) is 3.64. The van der Waals surface area contributed by atoms with Gasteiger partial charge in [0.05, 0.1) is 6.61 Å². The van der Waals surface area contributed by atoms with E-state index in [0.29, 0.717) is 5.69 Å². The molecular weight excluding hydrogens is 205 g/mol. The number of hydrogen-bond acceptors (Lipinski definition) is 2. The fourth-order valence-electron chi connectivity index (χ4n) is 1.51. The van der Waals surface area contributed by atoms with E-state index in [2.05, 4.69) is 4.98 Å². The molecular formula is C13H12FNO. The largest absolute Gasteiger partial charge is 0.392 e. The highest BCUT2D eigenvalue weighted by Crippen LogP contribution is 2.21. The molecule has 2 aromatic rings. The Balaban J connectivity index is 2.45. The van der Waals surface area contributed by atoms with Gasteiger partial charge in [-0.1, -0.05) is 24.3 Å². The maximum atomic E-state index is 13.5. The van der Waals surface area contributed by atoms with Crippen molar-refractivity contribution in [1.29, 1.82) is 0 Å². The van der Waals surface area contributed by atoms with Crippen LogP contribution in [0.25, 0.3) is 11.3 Å². The minimum atomic E-state index is -0.331. The van der Waals surface area contributed by atoms with Gasteiger partial charge in [-0.3, -0.25) is 4.98 Å². The van der Waals surface area contributed by atoms with Crippen molar-refractivity contribution >= 4 is 0 Å². The number of aliphatic hydroxyl groups is 1. The van der Waals surface area contributed by atoms with Crippen molar-refractivity contribution in [2.75, 3.05) is 0 Å². The Bertz CT molecular complexity index is 494. The Hall–Kier alpha value is -1.74. The summed E-state index contributed by atoms with van der Waals surface area (Å²) in [6, 6.07) is 10.1. The van der Waals surface area contributed by atoms with Crippen LogP contribution < -0.4 is 0 Å². The fourth-order valence-corrected chi connectivity index (χ4v) is 1.51. The molecule has 1 aromatic heterocycles. The normalized spacial score (nSPS) is 10.4. The number of aromatic nitrogens is 1. The zero-order valence-electron chi connectivity index (χ0n) is 8.94. The third kappa shape index (κ3) is 2.09. The van der Waals surface area contributed by atoms with Crippen LogP contribution in [0.15, 0.2) is 36.4 Å². The van der Waals surface area contributed by atoms with Crippen molar-refractivity contribution in [1.82, 2.24) is 4.98 Å². The fraction of sp³-hybridized carbons (Fsp3) is 0.154. The lowest BCUT2D eigenvalue weighted by Gasteiger charge is -2.04. The Morgan fingerprint density at radius 1 is 1.12 bits per heavy atom. The molecule has 0 saturated carbocycles. The number of hydrogen-bond donors (Lipinski definition) is 1. The van der Waals surface area contributed by atoms with E-state index in [1.54, 1.807) is 30.3 Å². The van der Waals surface area contributed by atoms with Gasteiger partial charge in [-0.25, -0.2) is 4.39 Å². The summed E-state index contributed by atoms with van der Waals surface area (Å²) in [6.07, 6.45) is 0. The molecule has 0 aliphatic heterocycles. The van der Waals surface area contributed by atoms with Gasteiger partial charge in [0.2, 0.25) is 0 Å². The lowest BCUT2D eigenvalue weighted by Crippen LogP contribution is -1.92. The smallest absolute Gasteiger partial charge is 0.149 e. The van der Waals surface area contributed by atoms with Gasteiger partial charge in [0, 0.05) is 11.3 Å². The SMILES string of the molecule is Cc1ccc(F)c(-c2ccc(CO)cc2)n1. The first-order valence-corrected chi connectivity index (χ1v) is 5.04. The first-order chi connectivity index (χ1) is 7.70. The molecule has 0 atom stereocenters. The van der Waals surface area contributed by atoms with Gasteiger partial charge >= 0.3 is 0 Å². The van der Waals surface area contributed by atoms with E-state index in [1.807, 2.05) is 6.92 Å². The lowest BCUT2D eigenvalue weighted by atomic mass is 10.1. The lowest BCUT2D eigenvalue weighted by molar-refractivity contribution is 0.282. The number of aryl methyl sites for hydroxylation is 1. The Morgan fingerprint density at radius 2 is 1.81 bits per heavy atom. The third-order valence-electron chi connectivity index (χ3n) is 2.40. The molecule has 1 aromatic carbocycles. The van der Waals surface area contributed by atoms with Crippen LogP contribution in [0.2, 0.25) is 0 Å². The molecule has 0 amide bonds. The molecule has 0 fully saturated rings. The number of pyridine rings is 1. The van der Waals surface area contributed by atoms with E-state index in [9.17, 15) is 4.39 Å². The van der Waals surface area contributed by atoms with Crippen molar-refractivity contribution < 1.29 is 9.50 Å². The van der Waals surface area contributed by atoms with Gasteiger partial charge in [-0.05, 0) is 24.6 Å². The van der Waals surface area contributed by atoms with E-state index in [4.69, 9.17) is 5.11 Å². The molecule has 0 saturated heterocycles. The molecule has 1 N–H and O–H groups in total. The molecule has 2 rings (SSSR count). The highest BCUT2D eigenvalue weighted by molar-refractivity contribution is 5.60. The van der Waals surface area contributed by atoms with Crippen LogP contribution in [-0.2, 0) is 6.61 Å². The van der Waals surface area contributed by atoms with Crippen LogP contribution in [-0.4, -0.2) is 10.1 Å². The van der Waals surface area contributed by atoms with Crippen molar-refractivity contribution in [3.63, 3.8) is 0 Å². The van der Waals surface area contributed by atoms with Crippen LogP contribution in [0.4, 0.5) is 4.39 Å². The average molecular weight is 217 g/mol. The maximum absolute atomic E-state index is 13.5. The molecule has 2 nitrogen and oxygen atoms in total. The van der Waals surface area contributed by atoms with Gasteiger partial charge < -0.3 is 5.11 Å². The van der Waals surface area contributed by atoms with Crippen molar-refractivity contribution in [3.05, 3.63) is 53.5 Å². The second kappa shape index (κ2) is 4.41. The molecule has 3 heteroatoms. The van der Waals surface area contributed by atoms with Gasteiger partial charge in [0.15, 0.2) is 0 Å². The van der Waals surface area contributed by atoms with Crippen LogP contribution in [0.3, 0.4) is 0 Å². The van der Waals surface area contributed by atoms with E-state index in [1.165, 1.54) is 6.07 Å². The molecule has 0 bridgehead atoms. The average Bonchev–Trinajstić information content (AvgIpc) is 2.32. The minimum Gasteiger partial charge on any atom is -0.392 e. The zero-order valence-corrected chi connectivity index (χ0v) is 8.94. The maximum Gasteiger partial charge on any atom is 0.149 e. The summed E-state index contributed by atoms with van der Waals surface area (Å²) in [5, 5.41) is 8.91. The predicted molar refractivity (Wildman–Crippen MR) is 60.3 cm³/mol. The monoisotopic (exact) mass is 217 g/mol. The first-order valence-electron chi connectivity index (χ1n) is 5.04. The third-order valence-corrected chi connectivity index (χ3v) is 2.40. The minimum absolute atomic E-state index is 0.00991. The van der Waals surface area contributed by atoms with Crippen molar-refractivity contribution in [2.24, 2.45) is 0 Å². The van der Waals surface area contributed by atoms with Gasteiger partial charge in [-0.2, -0.15) is 0 Å². The van der Waals surface area contributed by atoms with Crippen molar-refractivity contribution in [2.45, 2.75) is 13.5 Å². The Labute approximate surface area is 93.4 Å². The topological polar surface area (TPSA) is 33.1 Å². The summed E-state index contributed by atoms with van der Waals surface area (Å²) in [5.74, 6) is -0.331. The van der Waals surface area contributed by atoms with Gasteiger partial charge in [0.25, 0.3) is 0 Å². The molecule has 0 aliphatic carbocycles. The predicted octanol–water partition coefficient (Wildman–Crippen LogP) is 2.69. The van der Waals surface area contributed by atoms with E-state index < -0.39 is 0 Å². The molecule has 0 aliphatic rings. The molecule has 82 valence electrons. The number of aliphatic hydroxyl groups excluding tert-OH is 1. The van der Waals surface area contributed by atoms with E-state index >= 15 is 0 Å². The quantitative estimate of drug-likeness (QED) is 0.839. The number of rotatable bonds is 2. The molecule has 1 heterocycles. The summed E-state index contributed by atoms with van der Waals surface area (Å²) in [5.41, 5.74) is 2.65. The van der Waals surface area contributed by atoms with Crippen LogP contribution in [0.1, 0.15) is 11.3 Å². The van der Waals surface area contributed by atoms with Crippen LogP contribution >= 0.6 is 0 Å². The second-order valence-electron chi connectivity index (χ2n) is 3.64. The summed E-state index contributed by atoms with van der Waals surface area (Å²) in [4.78, 5) is 4.16.